The molecule has 2 aromatic rings. The molecule has 30 heavy (non-hydrogen) atoms. The van der Waals surface area contributed by atoms with E-state index in [0.29, 0.717) is 11.5 Å². The van der Waals surface area contributed by atoms with Gasteiger partial charge < -0.3 is 10.1 Å². The van der Waals surface area contributed by atoms with E-state index in [1.807, 2.05) is 24.3 Å². The average molecular weight is 409 g/mol. The maximum absolute atomic E-state index is 13.0. The fraction of sp³-hybridized carbons (Fsp3) is 0.462. The zero-order valence-corrected chi connectivity index (χ0v) is 18.4. The van der Waals surface area contributed by atoms with Crippen LogP contribution in [0.25, 0.3) is 0 Å². The molecular formula is C26H33NO3. The van der Waals surface area contributed by atoms with Crippen molar-refractivity contribution in [1.29, 1.82) is 0 Å². The third-order valence-electron chi connectivity index (χ3n) is 6.40. The van der Waals surface area contributed by atoms with Crippen molar-refractivity contribution in [1.82, 2.24) is 5.32 Å². The molecule has 0 saturated heterocycles. The number of benzene rings is 2. The lowest BCUT2D eigenvalue weighted by Gasteiger charge is -2.44. The topological polar surface area (TPSA) is 55.4 Å². The van der Waals surface area contributed by atoms with Gasteiger partial charge in [0.1, 0.15) is 12.1 Å². The Balaban J connectivity index is 1.75. The number of ether oxygens (including phenoxy) is 1. The first-order chi connectivity index (χ1) is 14.6. The standard InChI is InChI=1S/C26H33NO3/c1-18-15-16-22(26(3,4)21-13-9-6-10-14-21)23(17-18)30-25(29)19(2)27-24(28)20-11-7-5-8-12-20/h5-14,18-19,22-23H,15-17H2,1-4H3,(H,27,28)/t18-,19?,22-,23-/m1/s1/i19D. The van der Waals surface area contributed by atoms with Gasteiger partial charge in [0, 0.05) is 11.5 Å². The van der Waals surface area contributed by atoms with E-state index in [9.17, 15) is 9.59 Å². The van der Waals surface area contributed by atoms with Gasteiger partial charge in [0.25, 0.3) is 5.91 Å². The molecule has 3 rings (SSSR count). The third-order valence-corrected chi connectivity index (χ3v) is 6.40. The van der Waals surface area contributed by atoms with Crippen LogP contribution in [0.5, 0.6) is 0 Å². The van der Waals surface area contributed by atoms with Crippen molar-refractivity contribution in [2.75, 3.05) is 0 Å². The molecule has 0 aliphatic heterocycles. The second-order valence-corrected chi connectivity index (χ2v) is 9.00. The zero-order chi connectivity index (χ0) is 22.6. The molecule has 0 bridgehead atoms. The van der Waals surface area contributed by atoms with Crippen LogP contribution in [0.1, 0.15) is 64.2 Å². The van der Waals surface area contributed by atoms with Gasteiger partial charge in [-0.2, -0.15) is 0 Å². The van der Waals surface area contributed by atoms with Crippen molar-refractivity contribution in [3.8, 4) is 0 Å². The molecule has 4 atom stereocenters. The SMILES string of the molecule is [2H]C(C)(NC(=O)c1ccccc1)C(=O)O[C@@H]1C[C@H](C)CC[C@H]1C(C)(C)c1ccccc1. The molecule has 0 radical (unpaired) electrons. The number of amides is 1. The molecule has 1 unspecified atom stereocenters. The van der Waals surface area contributed by atoms with E-state index < -0.39 is 17.9 Å². The molecule has 1 aliphatic carbocycles. The quantitative estimate of drug-likeness (QED) is 0.674. The molecule has 1 saturated carbocycles. The van der Waals surface area contributed by atoms with Gasteiger partial charge >= 0.3 is 5.97 Å². The van der Waals surface area contributed by atoms with Crippen LogP contribution in [-0.4, -0.2) is 24.0 Å². The lowest BCUT2D eigenvalue weighted by atomic mass is 9.64. The number of rotatable bonds is 6. The van der Waals surface area contributed by atoms with Crippen molar-refractivity contribution in [3.05, 3.63) is 71.8 Å². The van der Waals surface area contributed by atoms with E-state index in [-0.39, 0.29) is 17.4 Å². The van der Waals surface area contributed by atoms with E-state index in [1.54, 1.807) is 24.3 Å². The maximum atomic E-state index is 13.0. The van der Waals surface area contributed by atoms with Crippen LogP contribution in [0.4, 0.5) is 0 Å². The lowest BCUT2D eigenvalue weighted by Crippen LogP contribution is -2.47. The summed E-state index contributed by atoms with van der Waals surface area (Å²) in [5.41, 5.74) is 1.43. The summed E-state index contributed by atoms with van der Waals surface area (Å²) in [6.07, 6.45) is 2.49. The van der Waals surface area contributed by atoms with E-state index in [4.69, 9.17) is 6.11 Å². The number of esters is 1. The van der Waals surface area contributed by atoms with Crippen LogP contribution < -0.4 is 5.32 Å². The van der Waals surface area contributed by atoms with Crippen molar-refractivity contribution >= 4 is 11.9 Å². The van der Waals surface area contributed by atoms with Gasteiger partial charge in [-0.1, -0.05) is 75.7 Å². The van der Waals surface area contributed by atoms with Crippen LogP contribution in [0.2, 0.25) is 0 Å². The zero-order valence-electron chi connectivity index (χ0n) is 19.4. The number of hydrogen-bond acceptors (Lipinski definition) is 3. The molecule has 0 heterocycles. The van der Waals surface area contributed by atoms with Crippen LogP contribution in [0.15, 0.2) is 60.7 Å². The average Bonchev–Trinajstić information content (AvgIpc) is 2.74. The van der Waals surface area contributed by atoms with Gasteiger partial charge in [-0.05, 0) is 48.8 Å². The Morgan fingerprint density at radius 2 is 1.67 bits per heavy atom. The molecular weight excluding hydrogens is 374 g/mol. The summed E-state index contributed by atoms with van der Waals surface area (Å²) < 4.78 is 14.4. The molecule has 1 fully saturated rings. The first-order valence-electron chi connectivity index (χ1n) is 11.3. The van der Waals surface area contributed by atoms with E-state index in [1.165, 1.54) is 12.5 Å². The van der Waals surface area contributed by atoms with E-state index >= 15 is 0 Å². The predicted molar refractivity (Wildman–Crippen MR) is 119 cm³/mol. The summed E-state index contributed by atoms with van der Waals surface area (Å²) >= 11 is 0. The Labute approximate surface area is 181 Å². The van der Waals surface area contributed by atoms with Crippen LogP contribution in [-0.2, 0) is 14.9 Å². The molecule has 1 aliphatic rings. The van der Waals surface area contributed by atoms with Gasteiger partial charge in [-0.25, -0.2) is 4.79 Å². The minimum atomic E-state index is -1.87. The highest BCUT2D eigenvalue weighted by molar-refractivity contribution is 5.96. The first kappa shape index (κ1) is 20.6. The molecule has 0 aromatic heterocycles. The highest BCUT2D eigenvalue weighted by atomic mass is 16.5. The summed E-state index contributed by atoms with van der Waals surface area (Å²) in [5.74, 6) is -0.606. The Morgan fingerprint density at radius 3 is 2.30 bits per heavy atom. The van der Waals surface area contributed by atoms with E-state index in [2.05, 4.69) is 38.2 Å². The van der Waals surface area contributed by atoms with Gasteiger partial charge in [0.05, 0.1) is 1.37 Å². The predicted octanol–water partition coefficient (Wildman–Crippen LogP) is 5.13. The van der Waals surface area contributed by atoms with Crippen molar-refractivity contribution in [3.63, 3.8) is 0 Å². The number of hydrogen-bond donors (Lipinski definition) is 1. The molecule has 160 valence electrons. The lowest BCUT2D eigenvalue weighted by molar-refractivity contribution is -0.158. The van der Waals surface area contributed by atoms with E-state index in [0.717, 1.165) is 19.3 Å². The van der Waals surface area contributed by atoms with Crippen LogP contribution in [0.3, 0.4) is 0 Å². The second kappa shape index (κ2) is 9.46. The fourth-order valence-corrected chi connectivity index (χ4v) is 4.48. The largest absolute Gasteiger partial charge is 0.461 e. The summed E-state index contributed by atoms with van der Waals surface area (Å²) in [7, 11) is 0. The second-order valence-electron chi connectivity index (χ2n) is 9.00. The van der Waals surface area contributed by atoms with Gasteiger partial charge in [0.15, 0.2) is 0 Å². The van der Waals surface area contributed by atoms with Crippen molar-refractivity contribution < 1.29 is 15.7 Å². The van der Waals surface area contributed by atoms with Gasteiger partial charge in [0.2, 0.25) is 0 Å². The summed E-state index contributed by atoms with van der Waals surface area (Å²) in [4.78, 5) is 25.5. The number of carbonyl (C=O) groups is 2. The number of carbonyl (C=O) groups excluding carboxylic acids is 2. The molecule has 2 aromatic carbocycles. The van der Waals surface area contributed by atoms with Crippen molar-refractivity contribution in [2.45, 2.75) is 64.5 Å². The normalized spacial score (nSPS) is 24.3. The Bertz CT molecular complexity index is 895. The molecule has 0 spiro atoms. The van der Waals surface area contributed by atoms with Crippen LogP contribution in [0, 0.1) is 11.8 Å². The van der Waals surface area contributed by atoms with Gasteiger partial charge in [-0.3, -0.25) is 4.79 Å². The summed E-state index contributed by atoms with van der Waals surface area (Å²) in [6.45, 7) is 7.94. The molecule has 4 heteroatoms. The molecule has 4 nitrogen and oxygen atoms in total. The summed E-state index contributed by atoms with van der Waals surface area (Å²) in [5, 5.41) is 2.51. The van der Waals surface area contributed by atoms with Gasteiger partial charge in [-0.15, -0.1) is 0 Å². The Hall–Kier alpha value is -2.62. The highest BCUT2D eigenvalue weighted by Crippen LogP contribution is 2.43. The van der Waals surface area contributed by atoms with Crippen molar-refractivity contribution in [2.24, 2.45) is 11.8 Å². The van der Waals surface area contributed by atoms with Crippen LogP contribution >= 0.6 is 0 Å². The molecule has 1 amide bonds. The first-order valence-corrected chi connectivity index (χ1v) is 10.8. The Kier molecular flexibility index (Phi) is 6.51. The highest BCUT2D eigenvalue weighted by Gasteiger charge is 2.42. The third kappa shape index (κ3) is 5.10. The smallest absolute Gasteiger partial charge is 0.328 e. The monoisotopic (exact) mass is 408 g/mol. The minimum Gasteiger partial charge on any atom is -0.461 e. The molecule has 1 N–H and O–H groups in total. The number of nitrogens with one attached hydrogen (secondary N) is 1. The maximum Gasteiger partial charge on any atom is 0.328 e. The minimum absolute atomic E-state index is 0.135. The Morgan fingerprint density at radius 1 is 1.07 bits per heavy atom. The fourth-order valence-electron chi connectivity index (χ4n) is 4.48. The summed E-state index contributed by atoms with van der Waals surface area (Å²) in [6, 6.07) is 17.0.